The van der Waals surface area contributed by atoms with Crippen LogP contribution in [-0.4, -0.2) is 35.2 Å². The highest BCUT2D eigenvalue weighted by atomic mass is 32.1. The monoisotopic (exact) mass is 466 g/mol. The maximum absolute atomic E-state index is 12.6. The first-order valence-electron chi connectivity index (χ1n) is 11.7. The SMILES string of the molecule is COc1ccc(/C=C/C(=O)NC(C)C(=O)Nc2nnc(C34CC5CC(CC(C5)C3)C4)s2)cc1. The van der Waals surface area contributed by atoms with E-state index in [1.54, 1.807) is 20.1 Å². The van der Waals surface area contributed by atoms with Crippen LogP contribution in [0.4, 0.5) is 5.13 Å². The average molecular weight is 467 g/mol. The van der Waals surface area contributed by atoms with Crippen LogP contribution in [0.2, 0.25) is 0 Å². The third-order valence-corrected chi connectivity index (χ3v) is 8.53. The molecule has 0 spiro atoms. The van der Waals surface area contributed by atoms with Crippen LogP contribution in [0.3, 0.4) is 0 Å². The van der Waals surface area contributed by atoms with Crippen LogP contribution in [0, 0.1) is 17.8 Å². The predicted octanol–water partition coefficient (Wildman–Crippen LogP) is 4.17. The smallest absolute Gasteiger partial charge is 0.248 e. The predicted molar refractivity (Wildman–Crippen MR) is 128 cm³/mol. The van der Waals surface area contributed by atoms with Crippen molar-refractivity contribution in [1.82, 2.24) is 15.5 Å². The molecule has 1 aromatic heterocycles. The van der Waals surface area contributed by atoms with E-state index in [1.807, 2.05) is 24.3 Å². The van der Waals surface area contributed by atoms with E-state index in [0.717, 1.165) is 34.1 Å². The van der Waals surface area contributed by atoms with E-state index >= 15 is 0 Å². The molecule has 4 aliphatic rings. The van der Waals surface area contributed by atoms with Gasteiger partial charge in [-0.2, -0.15) is 0 Å². The Labute approximate surface area is 198 Å². The Balaban J connectivity index is 1.16. The molecule has 0 aliphatic heterocycles. The van der Waals surface area contributed by atoms with Gasteiger partial charge in [-0.3, -0.25) is 14.9 Å². The molecule has 8 heteroatoms. The zero-order valence-electron chi connectivity index (χ0n) is 19.0. The quantitative estimate of drug-likeness (QED) is 0.598. The summed E-state index contributed by atoms with van der Waals surface area (Å²) < 4.78 is 5.13. The van der Waals surface area contributed by atoms with E-state index in [1.165, 1.54) is 55.9 Å². The van der Waals surface area contributed by atoms with Crippen molar-refractivity contribution in [2.75, 3.05) is 12.4 Å². The first-order chi connectivity index (χ1) is 15.9. The van der Waals surface area contributed by atoms with Crippen LogP contribution >= 0.6 is 11.3 Å². The minimum atomic E-state index is -0.690. The van der Waals surface area contributed by atoms with Crippen molar-refractivity contribution in [2.45, 2.75) is 56.9 Å². The zero-order valence-corrected chi connectivity index (χ0v) is 19.9. The fourth-order valence-electron chi connectivity index (χ4n) is 6.29. The van der Waals surface area contributed by atoms with Gasteiger partial charge in [0.2, 0.25) is 16.9 Å². The molecule has 2 amide bonds. The van der Waals surface area contributed by atoms with E-state index in [2.05, 4.69) is 20.8 Å². The summed E-state index contributed by atoms with van der Waals surface area (Å²) in [6, 6.07) is 6.68. The van der Waals surface area contributed by atoms with E-state index in [9.17, 15) is 9.59 Å². The van der Waals surface area contributed by atoms with Gasteiger partial charge in [-0.25, -0.2) is 0 Å². The Morgan fingerprint density at radius 2 is 1.73 bits per heavy atom. The molecule has 1 atom stereocenters. The molecule has 7 nitrogen and oxygen atoms in total. The van der Waals surface area contributed by atoms with Crippen LogP contribution in [0.25, 0.3) is 6.08 Å². The number of ether oxygens (including phenoxy) is 1. The molecule has 0 radical (unpaired) electrons. The molecule has 6 rings (SSSR count). The Kier molecular flexibility index (Phi) is 5.95. The maximum Gasteiger partial charge on any atom is 0.248 e. The summed E-state index contributed by atoms with van der Waals surface area (Å²) in [5.41, 5.74) is 1.04. The molecule has 4 bridgehead atoms. The Hall–Kier alpha value is -2.74. The van der Waals surface area contributed by atoms with Gasteiger partial charge in [-0.05, 0) is 87.0 Å². The van der Waals surface area contributed by atoms with Crippen molar-refractivity contribution in [2.24, 2.45) is 17.8 Å². The van der Waals surface area contributed by atoms with Gasteiger partial charge in [0.1, 0.15) is 16.8 Å². The lowest BCUT2D eigenvalue weighted by molar-refractivity contribution is -0.123. The summed E-state index contributed by atoms with van der Waals surface area (Å²) in [6.45, 7) is 1.66. The van der Waals surface area contributed by atoms with Gasteiger partial charge in [-0.1, -0.05) is 23.5 Å². The van der Waals surface area contributed by atoms with Crippen molar-refractivity contribution in [3.63, 3.8) is 0 Å². The topological polar surface area (TPSA) is 93.2 Å². The molecular formula is C25H30N4O3S. The second kappa shape index (κ2) is 8.89. The molecule has 33 heavy (non-hydrogen) atoms. The lowest BCUT2D eigenvalue weighted by Gasteiger charge is -2.55. The van der Waals surface area contributed by atoms with Crippen molar-refractivity contribution in [3.8, 4) is 5.75 Å². The number of hydrogen-bond acceptors (Lipinski definition) is 6. The summed E-state index contributed by atoms with van der Waals surface area (Å²) in [5, 5.41) is 15.9. The number of nitrogens with one attached hydrogen (secondary N) is 2. The molecule has 2 aromatic rings. The number of amides is 2. The van der Waals surface area contributed by atoms with Gasteiger partial charge < -0.3 is 10.1 Å². The third-order valence-electron chi connectivity index (χ3n) is 7.44. The lowest BCUT2D eigenvalue weighted by atomic mass is 9.50. The van der Waals surface area contributed by atoms with Crippen molar-refractivity contribution < 1.29 is 14.3 Å². The van der Waals surface area contributed by atoms with Crippen LogP contribution in [-0.2, 0) is 15.0 Å². The minimum Gasteiger partial charge on any atom is -0.497 e. The molecule has 1 unspecified atom stereocenters. The zero-order chi connectivity index (χ0) is 23.0. The molecular weight excluding hydrogens is 436 g/mol. The van der Waals surface area contributed by atoms with Crippen LogP contribution in [0.5, 0.6) is 5.75 Å². The van der Waals surface area contributed by atoms with Gasteiger partial charge >= 0.3 is 0 Å². The van der Waals surface area contributed by atoms with E-state index < -0.39 is 6.04 Å². The number of benzene rings is 1. The number of anilines is 1. The summed E-state index contributed by atoms with van der Waals surface area (Å²) in [4.78, 5) is 24.9. The Morgan fingerprint density at radius 3 is 2.33 bits per heavy atom. The fraction of sp³-hybridized carbons (Fsp3) is 0.520. The van der Waals surface area contributed by atoms with E-state index in [0.29, 0.717) is 5.13 Å². The van der Waals surface area contributed by atoms with Gasteiger partial charge in [-0.15, -0.1) is 10.2 Å². The summed E-state index contributed by atoms with van der Waals surface area (Å²) >= 11 is 1.51. The highest BCUT2D eigenvalue weighted by Crippen LogP contribution is 2.61. The maximum atomic E-state index is 12.6. The summed E-state index contributed by atoms with van der Waals surface area (Å²) in [5.74, 6) is 2.62. The second-order valence-electron chi connectivity index (χ2n) is 9.94. The highest BCUT2D eigenvalue weighted by Gasteiger charge is 2.53. The average Bonchev–Trinajstić information content (AvgIpc) is 3.26. The van der Waals surface area contributed by atoms with E-state index in [4.69, 9.17) is 4.74 Å². The number of hydrogen-bond donors (Lipinski definition) is 2. The van der Waals surface area contributed by atoms with Crippen molar-refractivity contribution >= 4 is 34.4 Å². The molecule has 4 fully saturated rings. The van der Waals surface area contributed by atoms with E-state index in [-0.39, 0.29) is 17.2 Å². The first-order valence-corrected chi connectivity index (χ1v) is 12.5. The van der Waals surface area contributed by atoms with Gasteiger partial charge in [0.15, 0.2) is 0 Å². The molecule has 4 saturated carbocycles. The normalized spacial score (nSPS) is 28.6. The molecule has 0 saturated heterocycles. The minimum absolute atomic E-state index is 0.168. The van der Waals surface area contributed by atoms with Gasteiger partial charge in [0.25, 0.3) is 0 Å². The van der Waals surface area contributed by atoms with Gasteiger partial charge in [0.05, 0.1) is 7.11 Å². The standard InChI is InChI=1S/C25H30N4O3S/c1-15(26-21(30)8-5-16-3-6-20(32-2)7-4-16)22(31)27-24-29-28-23(33-24)25-12-17-9-18(13-25)11-19(10-17)14-25/h3-8,15,17-19H,9-14H2,1-2H3,(H,26,30)(H,27,29,31)/b8-5+. The number of nitrogens with zero attached hydrogens (tertiary/aromatic N) is 2. The molecule has 1 aromatic carbocycles. The summed E-state index contributed by atoms with van der Waals surface area (Å²) in [6.07, 6.45) is 10.9. The molecule has 174 valence electrons. The molecule has 4 aliphatic carbocycles. The molecule has 1 heterocycles. The number of carbonyl (C=O) groups excluding carboxylic acids is 2. The lowest BCUT2D eigenvalue weighted by Crippen LogP contribution is -2.48. The van der Waals surface area contributed by atoms with Gasteiger partial charge in [0, 0.05) is 11.5 Å². The molecule has 2 N–H and O–H groups in total. The Morgan fingerprint density at radius 1 is 1.09 bits per heavy atom. The number of rotatable bonds is 7. The van der Waals surface area contributed by atoms with Crippen molar-refractivity contribution in [1.29, 1.82) is 0 Å². The fourth-order valence-corrected chi connectivity index (χ4v) is 7.25. The number of carbonyl (C=O) groups is 2. The summed E-state index contributed by atoms with van der Waals surface area (Å²) in [7, 11) is 1.61. The van der Waals surface area contributed by atoms with Crippen molar-refractivity contribution in [3.05, 3.63) is 40.9 Å². The highest BCUT2D eigenvalue weighted by molar-refractivity contribution is 7.15. The second-order valence-corrected chi connectivity index (χ2v) is 10.9. The van der Waals surface area contributed by atoms with Crippen LogP contribution < -0.4 is 15.4 Å². The van der Waals surface area contributed by atoms with Crippen LogP contribution in [0.15, 0.2) is 30.3 Å². The Bertz CT molecular complexity index is 1030. The third kappa shape index (κ3) is 4.67. The largest absolute Gasteiger partial charge is 0.497 e. The first kappa shape index (κ1) is 22.1. The number of aromatic nitrogens is 2. The van der Waals surface area contributed by atoms with Crippen LogP contribution in [0.1, 0.15) is 56.0 Å². The number of methoxy groups -OCH3 is 1.